The third-order valence-corrected chi connectivity index (χ3v) is 2.34. The van der Waals surface area contributed by atoms with Crippen LogP contribution in [0.5, 0.6) is 0 Å². The van der Waals surface area contributed by atoms with E-state index in [1.807, 2.05) is 42.9 Å². The van der Waals surface area contributed by atoms with Crippen molar-refractivity contribution in [2.75, 3.05) is 0 Å². The number of hydrogen-bond donors (Lipinski definition) is 0. The maximum absolute atomic E-state index is 4.32. The maximum atomic E-state index is 4.32. The van der Waals surface area contributed by atoms with Crippen molar-refractivity contribution in [2.45, 2.75) is 6.92 Å². The molecule has 0 saturated carbocycles. The van der Waals surface area contributed by atoms with Gasteiger partial charge in [-0.3, -0.25) is 0 Å². The van der Waals surface area contributed by atoms with Gasteiger partial charge in [-0.25, -0.2) is 4.57 Å². The molecule has 70 valence electrons. The first-order valence-electron chi connectivity index (χ1n) is 4.65. The minimum Gasteiger partial charge on any atom is -0.237 e. The molecule has 0 fully saturated rings. The van der Waals surface area contributed by atoms with Gasteiger partial charge in [0.1, 0.15) is 6.20 Å². The molecule has 0 spiro atoms. The van der Waals surface area contributed by atoms with E-state index in [4.69, 9.17) is 0 Å². The molecule has 14 heavy (non-hydrogen) atoms. The van der Waals surface area contributed by atoms with Gasteiger partial charge in [-0.15, -0.1) is 0 Å². The molecule has 0 aliphatic heterocycles. The highest BCUT2D eigenvalue weighted by atomic mass is 15.0. The molecule has 0 saturated heterocycles. The lowest BCUT2D eigenvalue weighted by Crippen LogP contribution is -2.32. The molecule has 1 heterocycles. The third-order valence-electron chi connectivity index (χ3n) is 2.34. The molecule has 0 atom stereocenters. The van der Waals surface area contributed by atoms with E-state index in [9.17, 15) is 0 Å². The molecule has 2 rings (SSSR count). The number of aryl methyl sites for hydroxylation is 2. The molecule has 2 aromatic rings. The third kappa shape index (κ3) is 1.64. The smallest absolute Gasteiger partial charge is 0.237 e. The van der Waals surface area contributed by atoms with E-state index in [2.05, 4.69) is 23.3 Å². The van der Waals surface area contributed by atoms with Crippen molar-refractivity contribution < 1.29 is 4.57 Å². The predicted molar refractivity (Wildman–Crippen MR) is 55.6 cm³/mol. The van der Waals surface area contributed by atoms with E-state index in [0.717, 1.165) is 11.4 Å². The molecule has 2 heteroatoms. The first-order valence-corrected chi connectivity index (χ1v) is 4.65. The molecule has 1 aromatic carbocycles. The van der Waals surface area contributed by atoms with Crippen LogP contribution in [-0.2, 0) is 7.05 Å². The van der Waals surface area contributed by atoms with Gasteiger partial charge in [0.25, 0.3) is 5.82 Å². The summed E-state index contributed by atoms with van der Waals surface area (Å²) >= 11 is 0. The van der Waals surface area contributed by atoms with E-state index in [0.29, 0.717) is 0 Å². The Morgan fingerprint density at radius 2 is 1.79 bits per heavy atom. The standard InChI is InChI=1S/C12H13N2/c1-10-13-8-12(9-14(10)2)11-6-4-3-5-7-11/h3-9H,1-2H3/q+1. The highest BCUT2D eigenvalue weighted by Crippen LogP contribution is 2.15. The summed E-state index contributed by atoms with van der Waals surface area (Å²) in [6, 6.07) is 10.3. The Kier molecular flexibility index (Phi) is 2.27. The van der Waals surface area contributed by atoms with Crippen molar-refractivity contribution in [3.63, 3.8) is 0 Å². The second-order valence-electron chi connectivity index (χ2n) is 3.37. The van der Waals surface area contributed by atoms with Gasteiger partial charge in [0.15, 0.2) is 6.20 Å². The topological polar surface area (TPSA) is 16.8 Å². The lowest BCUT2D eigenvalue weighted by molar-refractivity contribution is -0.680. The summed E-state index contributed by atoms with van der Waals surface area (Å²) in [7, 11) is 2.01. The lowest BCUT2D eigenvalue weighted by Gasteiger charge is -1.99. The fraction of sp³-hybridized carbons (Fsp3) is 0.167. The molecular weight excluding hydrogens is 172 g/mol. The van der Waals surface area contributed by atoms with E-state index in [1.54, 1.807) is 0 Å². The van der Waals surface area contributed by atoms with Gasteiger partial charge in [-0.2, -0.15) is 0 Å². The minimum absolute atomic E-state index is 1.02. The quantitative estimate of drug-likeness (QED) is 0.620. The van der Waals surface area contributed by atoms with Gasteiger partial charge < -0.3 is 0 Å². The molecule has 0 bridgehead atoms. The molecule has 2 nitrogen and oxygen atoms in total. The van der Waals surface area contributed by atoms with Crippen LogP contribution in [0.1, 0.15) is 5.82 Å². The summed E-state index contributed by atoms with van der Waals surface area (Å²) in [4.78, 5) is 4.32. The molecular formula is C12H13N2+. The van der Waals surface area contributed by atoms with Gasteiger partial charge >= 0.3 is 0 Å². The fourth-order valence-corrected chi connectivity index (χ4v) is 1.37. The van der Waals surface area contributed by atoms with Gasteiger partial charge in [-0.05, 0) is 5.56 Å². The molecule has 0 unspecified atom stereocenters. The normalized spacial score (nSPS) is 10.1. The average Bonchev–Trinajstić information content (AvgIpc) is 2.23. The first-order chi connectivity index (χ1) is 6.77. The second-order valence-corrected chi connectivity index (χ2v) is 3.37. The van der Waals surface area contributed by atoms with Crippen LogP contribution in [0.3, 0.4) is 0 Å². The number of aromatic nitrogens is 2. The monoisotopic (exact) mass is 185 g/mol. The van der Waals surface area contributed by atoms with Crippen LogP contribution in [0.2, 0.25) is 0 Å². The molecule has 1 aromatic heterocycles. The molecule has 0 aliphatic rings. The number of nitrogens with zero attached hydrogens (tertiary/aromatic N) is 2. The van der Waals surface area contributed by atoms with Crippen LogP contribution in [0.4, 0.5) is 0 Å². The summed E-state index contributed by atoms with van der Waals surface area (Å²) in [5.41, 5.74) is 2.36. The zero-order chi connectivity index (χ0) is 9.97. The molecule has 0 amide bonds. The summed E-state index contributed by atoms with van der Waals surface area (Å²) in [5.74, 6) is 1.02. The maximum Gasteiger partial charge on any atom is 0.294 e. The van der Waals surface area contributed by atoms with Crippen molar-refractivity contribution >= 4 is 0 Å². The van der Waals surface area contributed by atoms with Gasteiger partial charge in [0.05, 0.1) is 12.6 Å². The SMILES string of the molecule is Cc1ncc(-c2ccccc2)c[n+]1C. The molecule has 0 N–H and O–H groups in total. The fourth-order valence-electron chi connectivity index (χ4n) is 1.37. The summed E-state index contributed by atoms with van der Waals surface area (Å²) < 4.78 is 2.03. The molecule has 0 aliphatic carbocycles. The Morgan fingerprint density at radius 3 is 2.43 bits per heavy atom. The van der Waals surface area contributed by atoms with Gasteiger partial charge in [0.2, 0.25) is 0 Å². The number of rotatable bonds is 1. The Morgan fingerprint density at radius 1 is 1.07 bits per heavy atom. The minimum atomic E-state index is 1.02. The summed E-state index contributed by atoms with van der Waals surface area (Å²) in [5, 5.41) is 0. The van der Waals surface area contributed by atoms with Crippen molar-refractivity contribution in [3.8, 4) is 11.1 Å². The van der Waals surface area contributed by atoms with Crippen LogP contribution in [0.15, 0.2) is 42.7 Å². The van der Waals surface area contributed by atoms with Crippen LogP contribution in [0, 0.1) is 6.92 Å². The number of hydrogen-bond acceptors (Lipinski definition) is 1. The Bertz CT molecular complexity index is 435. The average molecular weight is 185 g/mol. The zero-order valence-corrected chi connectivity index (χ0v) is 8.44. The van der Waals surface area contributed by atoms with E-state index in [-0.39, 0.29) is 0 Å². The van der Waals surface area contributed by atoms with Crippen LogP contribution in [0.25, 0.3) is 11.1 Å². The lowest BCUT2D eigenvalue weighted by atomic mass is 10.1. The van der Waals surface area contributed by atoms with Crippen molar-refractivity contribution in [3.05, 3.63) is 48.5 Å². The van der Waals surface area contributed by atoms with Crippen LogP contribution in [-0.4, -0.2) is 4.98 Å². The highest BCUT2D eigenvalue weighted by Gasteiger charge is 2.05. The summed E-state index contributed by atoms with van der Waals surface area (Å²) in [6.45, 7) is 1.99. The van der Waals surface area contributed by atoms with Gasteiger partial charge in [0, 0.05) is 6.92 Å². The summed E-state index contributed by atoms with van der Waals surface area (Å²) in [6.07, 6.45) is 4.00. The van der Waals surface area contributed by atoms with Crippen LogP contribution < -0.4 is 4.57 Å². The van der Waals surface area contributed by atoms with Crippen molar-refractivity contribution in [1.82, 2.24) is 4.98 Å². The second kappa shape index (κ2) is 3.58. The largest absolute Gasteiger partial charge is 0.294 e. The van der Waals surface area contributed by atoms with Gasteiger partial charge in [-0.1, -0.05) is 35.3 Å². The van der Waals surface area contributed by atoms with E-state index < -0.39 is 0 Å². The van der Waals surface area contributed by atoms with Crippen molar-refractivity contribution in [2.24, 2.45) is 7.05 Å². The Balaban J connectivity index is 2.48. The van der Waals surface area contributed by atoms with E-state index in [1.165, 1.54) is 5.56 Å². The molecule has 0 radical (unpaired) electrons. The van der Waals surface area contributed by atoms with E-state index >= 15 is 0 Å². The highest BCUT2D eigenvalue weighted by molar-refractivity contribution is 5.60. The van der Waals surface area contributed by atoms with Crippen molar-refractivity contribution in [1.29, 1.82) is 0 Å². The Labute approximate surface area is 83.9 Å². The van der Waals surface area contributed by atoms with Crippen LogP contribution >= 0.6 is 0 Å². The zero-order valence-electron chi connectivity index (χ0n) is 8.44. The first kappa shape index (κ1) is 8.88. The predicted octanol–water partition coefficient (Wildman–Crippen LogP) is 1.88. The Hall–Kier alpha value is -1.70. The number of benzene rings is 1.